The molecule has 0 spiro atoms. The van der Waals surface area contributed by atoms with Gasteiger partial charge in [-0.2, -0.15) is 0 Å². The van der Waals surface area contributed by atoms with Crippen LogP contribution in [0.4, 0.5) is 8.78 Å². The van der Waals surface area contributed by atoms with E-state index in [0.717, 1.165) is 12.4 Å². The third kappa shape index (κ3) is 2.61. The van der Waals surface area contributed by atoms with Crippen molar-refractivity contribution >= 4 is 6.29 Å². The Hall–Kier alpha value is -1.25. The first-order valence-electron chi connectivity index (χ1n) is 5.01. The summed E-state index contributed by atoms with van der Waals surface area (Å²) in [5.74, 6) is -1.29. The summed E-state index contributed by atoms with van der Waals surface area (Å²) in [5, 5.41) is 0. The van der Waals surface area contributed by atoms with Crippen molar-refractivity contribution in [1.29, 1.82) is 0 Å². The first-order chi connectivity index (χ1) is 7.10. The van der Waals surface area contributed by atoms with Gasteiger partial charge in [0.25, 0.3) is 0 Å². The Kier molecular flexibility index (Phi) is 3.95. The maximum atomic E-state index is 13.4. The van der Waals surface area contributed by atoms with Crippen LogP contribution in [0.3, 0.4) is 0 Å². The molecule has 0 saturated heterocycles. The minimum Gasteiger partial charge on any atom is -0.303 e. The van der Waals surface area contributed by atoms with E-state index in [-0.39, 0.29) is 12.3 Å². The van der Waals surface area contributed by atoms with Crippen molar-refractivity contribution in [3.05, 3.63) is 34.9 Å². The van der Waals surface area contributed by atoms with Crippen LogP contribution >= 0.6 is 0 Å². The third-order valence-electron chi connectivity index (χ3n) is 2.53. The van der Waals surface area contributed by atoms with Crippen molar-refractivity contribution in [2.75, 3.05) is 0 Å². The second kappa shape index (κ2) is 5.01. The van der Waals surface area contributed by atoms with Gasteiger partial charge < -0.3 is 4.79 Å². The summed E-state index contributed by atoms with van der Waals surface area (Å²) in [6.45, 7) is 3.56. The SMILES string of the molecule is CCc1cc(C(C)CC=O)c(F)cc1F. The highest BCUT2D eigenvalue weighted by Gasteiger charge is 2.14. The molecule has 0 N–H and O–H groups in total. The van der Waals surface area contributed by atoms with Crippen LogP contribution < -0.4 is 0 Å². The van der Waals surface area contributed by atoms with Crippen molar-refractivity contribution in [1.82, 2.24) is 0 Å². The number of benzene rings is 1. The number of hydrogen-bond donors (Lipinski definition) is 0. The molecule has 82 valence electrons. The molecule has 1 nitrogen and oxygen atoms in total. The average Bonchev–Trinajstić information content (AvgIpc) is 2.18. The largest absolute Gasteiger partial charge is 0.303 e. The number of aryl methyl sites for hydroxylation is 1. The molecule has 0 saturated carbocycles. The molecule has 1 aromatic rings. The lowest BCUT2D eigenvalue weighted by molar-refractivity contribution is -0.108. The zero-order chi connectivity index (χ0) is 11.4. The zero-order valence-corrected chi connectivity index (χ0v) is 8.89. The molecule has 1 unspecified atom stereocenters. The fraction of sp³-hybridized carbons (Fsp3) is 0.417. The minimum atomic E-state index is -0.570. The molecule has 0 amide bonds. The van der Waals surface area contributed by atoms with Gasteiger partial charge in [0.15, 0.2) is 0 Å². The van der Waals surface area contributed by atoms with Crippen molar-refractivity contribution in [3.63, 3.8) is 0 Å². The minimum absolute atomic E-state index is 0.201. The fourth-order valence-electron chi connectivity index (χ4n) is 1.53. The van der Waals surface area contributed by atoms with E-state index in [9.17, 15) is 13.6 Å². The number of aldehydes is 1. The molecule has 1 atom stereocenters. The summed E-state index contributed by atoms with van der Waals surface area (Å²) in [6.07, 6.45) is 1.53. The summed E-state index contributed by atoms with van der Waals surface area (Å²) >= 11 is 0. The molecule has 0 aliphatic carbocycles. The summed E-state index contributed by atoms with van der Waals surface area (Å²) in [5.41, 5.74) is 0.907. The van der Waals surface area contributed by atoms with Crippen molar-refractivity contribution < 1.29 is 13.6 Å². The number of hydrogen-bond acceptors (Lipinski definition) is 1. The molecule has 0 radical (unpaired) electrons. The molecule has 0 heterocycles. The molecule has 1 aromatic carbocycles. The van der Waals surface area contributed by atoms with Crippen LogP contribution in [0.1, 0.15) is 37.3 Å². The van der Waals surface area contributed by atoms with Gasteiger partial charge >= 0.3 is 0 Å². The predicted molar refractivity (Wildman–Crippen MR) is 54.8 cm³/mol. The van der Waals surface area contributed by atoms with Gasteiger partial charge in [0, 0.05) is 12.5 Å². The number of halogens is 2. The fourth-order valence-corrected chi connectivity index (χ4v) is 1.53. The maximum absolute atomic E-state index is 13.4. The van der Waals surface area contributed by atoms with Gasteiger partial charge in [0.2, 0.25) is 0 Å². The van der Waals surface area contributed by atoms with E-state index in [0.29, 0.717) is 17.5 Å². The van der Waals surface area contributed by atoms with E-state index >= 15 is 0 Å². The lowest BCUT2D eigenvalue weighted by Gasteiger charge is -2.11. The van der Waals surface area contributed by atoms with Crippen LogP contribution in [0.2, 0.25) is 0 Å². The topological polar surface area (TPSA) is 17.1 Å². The summed E-state index contributed by atoms with van der Waals surface area (Å²) in [6, 6.07) is 2.41. The van der Waals surface area contributed by atoms with Crippen LogP contribution in [0.15, 0.2) is 12.1 Å². The zero-order valence-electron chi connectivity index (χ0n) is 8.89. The number of rotatable bonds is 4. The Balaban J connectivity index is 3.11. The lowest BCUT2D eigenvalue weighted by Crippen LogP contribution is -2.01. The second-order valence-corrected chi connectivity index (χ2v) is 3.62. The number of carbonyl (C=O) groups is 1. The van der Waals surface area contributed by atoms with Crippen molar-refractivity contribution in [3.8, 4) is 0 Å². The Morgan fingerprint density at radius 2 is 2.00 bits per heavy atom. The molecular formula is C12H14F2O. The molecule has 3 heteroatoms. The van der Waals surface area contributed by atoms with Gasteiger partial charge in [-0.3, -0.25) is 0 Å². The van der Waals surface area contributed by atoms with Crippen LogP contribution in [0.5, 0.6) is 0 Å². The summed E-state index contributed by atoms with van der Waals surface area (Å²) < 4.78 is 26.6. The van der Waals surface area contributed by atoms with Crippen molar-refractivity contribution in [2.24, 2.45) is 0 Å². The Bertz CT molecular complexity index is 361. The molecule has 15 heavy (non-hydrogen) atoms. The Morgan fingerprint density at radius 3 is 2.53 bits per heavy atom. The van der Waals surface area contributed by atoms with Gasteiger partial charge in [0.05, 0.1) is 0 Å². The first-order valence-corrected chi connectivity index (χ1v) is 5.01. The Morgan fingerprint density at radius 1 is 1.33 bits per heavy atom. The van der Waals surface area contributed by atoms with Crippen LogP contribution in [0, 0.1) is 11.6 Å². The quantitative estimate of drug-likeness (QED) is 0.700. The molecule has 1 rings (SSSR count). The highest BCUT2D eigenvalue weighted by molar-refractivity contribution is 5.51. The molecule has 0 fully saturated rings. The summed E-state index contributed by atoms with van der Waals surface area (Å²) in [4.78, 5) is 10.3. The third-order valence-corrected chi connectivity index (χ3v) is 2.53. The number of carbonyl (C=O) groups excluding carboxylic acids is 1. The van der Waals surface area contributed by atoms with Gasteiger partial charge in [0.1, 0.15) is 17.9 Å². The Labute approximate surface area is 88.1 Å². The van der Waals surface area contributed by atoms with Gasteiger partial charge in [-0.15, -0.1) is 0 Å². The maximum Gasteiger partial charge on any atom is 0.129 e. The van der Waals surface area contributed by atoms with E-state index in [1.54, 1.807) is 6.92 Å². The van der Waals surface area contributed by atoms with Crippen LogP contribution in [0.25, 0.3) is 0 Å². The average molecular weight is 212 g/mol. The molecule has 0 aromatic heterocycles. The molecule has 0 bridgehead atoms. The highest BCUT2D eigenvalue weighted by atomic mass is 19.1. The van der Waals surface area contributed by atoms with E-state index < -0.39 is 11.6 Å². The molecular weight excluding hydrogens is 198 g/mol. The normalized spacial score (nSPS) is 12.5. The second-order valence-electron chi connectivity index (χ2n) is 3.62. The lowest BCUT2D eigenvalue weighted by atomic mass is 9.95. The molecule has 0 aliphatic rings. The standard InChI is InChI=1S/C12H14F2O/c1-3-9-6-10(8(2)4-5-15)12(14)7-11(9)13/h5-8H,3-4H2,1-2H3. The monoisotopic (exact) mass is 212 g/mol. The predicted octanol–water partition coefficient (Wildman–Crippen LogP) is 3.22. The van der Waals surface area contributed by atoms with Gasteiger partial charge in [-0.05, 0) is 29.5 Å². The summed E-state index contributed by atoms with van der Waals surface area (Å²) in [7, 11) is 0. The van der Waals surface area contributed by atoms with Gasteiger partial charge in [-0.25, -0.2) is 8.78 Å². The molecule has 0 aliphatic heterocycles. The van der Waals surface area contributed by atoms with Gasteiger partial charge in [-0.1, -0.05) is 13.8 Å². The van der Waals surface area contributed by atoms with E-state index in [1.807, 2.05) is 6.92 Å². The van der Waals surface area contributed by atoms with Crippen molar-refractivity contribution in [2.45, 2.75) is 32.6 Å². The first kappa shape index (κ1) is 11.8. The smallest absolute Gasteiger partial charge is 0.129 e. The van der Waals surface area contributed by atoms with E-state index in [4.69, 9.17) is 0 Å². The highest BCUT2D eigenvalue weighted by Crippen LogP contribution is 2.24. The van der Waals surface area contributed by atoms with E-state index in [2.05, 4.69) is 0 Å². The van der Waals surface area contributed by atoms with Crippen LogP contribution in [-0.2, 0) is 11.2 Å². The van der Waals surface area contributed by atoms with E-state index in [1.165, 1.54) is 6.07 Å². The van der Waals surface area contributed by atoms with Crippen LogP contribution in [-0.4, -0.2) is 6.29 Å².